The maximum Gasteiger partial charge on any atom is 0.311 e. The average Bonchev–Trinajstić information content (AvgIpc) is 2.81. The van der Waals surface area contributed by atoms with Gasteiger partial charge in [-0.3, -0.25) is 9.59 Å². The molecule has 2 aromatic rings. The highest BCUT2D eigenvalue weighted by Crippen LogP contribution is 2.17. The van der Waals surface area contributed by atoms with Crippen LogP contribution in [0.1, 0.15) is 32.8 Å². The molecule has 1 aromatic heterocycles. The van der Waals surface area contributed by atoms with Gasteiger partial charge in [-0.15, -0.1) is 0 Å². The van der Waals surface area contributed by atoms with Crippen LogP contribution < -0.4 is 5.32 Å². The number of carboxylic acids is 1. The first-order valence-electron chi connectivity index (χ1n) is 7.10. The maximum atomic E-state index is 12.2. The normalized spacial score (nSPS) is 10.5. The van der Waals surface area contributed by atoms with Crippen molar-refractivity contribution in [3.63, 3.8) is 0 Å². The van der Waals surface area contributed by atoms with E-state index in [1.54, 1.807) is 6.92 Å². The van der Waals surface area contributed by atoms with Crippen LogP contribution in [0, 0.1) is 13.8 Å². The lowest BCUT2D eigenvalue weighted by Gasteiger charge is -2.08. The topological polar surface area (TPSA) is 79.5 Å². The predicted molar refractivity (Wildman–Crippen MR) is 82.0 cm³/mol. The molecular formula is C17H19NO4. The summed E-state index contributed by atoms with van der Waals surface area (Å²) in [6.07, 6.45) is 1.84. The molecule has 1 heterocycles. The van der Waals surface area contributed by atoms with Crippen LogP contribution in [-0.2, 0) is 17.6 Å². The van der Waals surface area contributed by atoms with Gasteiger partial charge >= 0.3 is 5.97 Å². The van der Waals surface area contributed by atoms with Crippen LogP contribution in [0.25, 0.3) is 0 Å². The number of aliphatic carboxylic acids is 1. The summed E-state index contributed by atoms with van der Waals surface area (Å²) >= 11 is 0. The van der Waals surface area contributed by atoms with Crippen molar-refractivity contribution in [2.24, 2.45) is 0 Å². The number of benzene rings is 1. The summed E-state index contributed by atoms with van der Waals surface area (Å²) in [5, 5.41) is 11.7. The maximum absolute atomic E-state index is 12.2. The molecule has 5 heteroatoms. The molecule has 116 valence electrons. The summed E-state index contributed by atoms with van der Waals surface area (Å²) in [6.45, 7) is 4.24. The highest BCUT2D eigenvalue weighted by atomic mass is 16.4. The summed E-state index contributed by atoms with van der Waals surface area (Å²) in [5.41, 5.74) is 3.33. The number of hydrogen-bond donors (Lipinski definition) is 2. The molecule has 0 unspecified atom stereocenters. The SMILES string of the molecule is Cc1ccccc1CCNC(=O)c1c(C)coc1CC(=O)O. The molecule has 1 aromatic carbocycles. The molecule has 5 nitrogen and oxygen atoms in total. The van der Waals surface area contributed by atoms with Gasteiger partial charge in [0.15, 0.2) is 0 Å². The Hall–Kier alpha value is -2.56. The number of hydrogen-bond acceptors (Lipinski definition) is 3. The lowest BCUT2D eigenvalue weighted by Crippen LogP contribution is -2.27. The largest absolute Gasteiger partial charge is 0.481 e. The van der Waals surface area contributed by atoms with Crippen molar-refractivity contribution >= 4 is 11.9 Å². The second-order valence-corrected chi connectivity index (χ2v) is 5.22. The van der Waals surface area contributed by atoms with Crippen molar-refractivity contribution < 1.29 is 19.1 Å². The third-order valence-electron chi connectivity index (χ3n) is 3.53. The summed E-state index contributed by atoms with van der Waals surface area (Å²) in [7, 11) is 0. The molecule has 0 atom stereocenters. The van der Waals surface area contributed by atoms with E-state index in [4.69, 9.17) is 9.52 Å². The summed E-state index contributed by atoms with van der Waals surface area (Å²) in [6, 6.07) is 8.00. The molecule has 0 saturated carbocycles. The van der Waals surface area contributed by atoms with E-state index in [9.17, 15) is 9.59 Å². The zero-order valence-corrected chi connectivity index (χ0v) is 12.7. The fourth-order valence-electron chi connectivity index (χ4n) is 2.36. The van der Waals surface area contributed by atoms with Crippen molar-refractivity contribution in [2.75, 3.05) is 6.54 Å². The molecule has 0 bridgehead atoms. The minimum absolute atomic E-state index is 0.193. The van der Waals surface area contributed by atoms with Gasteiger partial charge in [0, 0.05) is 12.1 Å². The van der Waals surface area contributed by atoms with Gasteiger partial charge in [-0.1, -0.05) is 24.3 Å². The zero-order valence-electron chi connectivity index (χ0n) is 12.7. The molecule has 2 rings (SSSR count). The lowest BCUT2D eigenvalue weighted by atomic mass is 10.1. The van der Waals surface area contributed by atoms with Crippen LogP contribution in [0.2, 0.25) is 0 Å². The van der Waals surface area contributed by atoms with E-state index < -0.39 is 5.97 Å². The van der Waals surface area contributed by atoms with Crippen LogP contribution in [0.15, 0.2) is 34.9 Å². The molecule has 1 amide bonds. The van der Waals surface area contributed by atoms with Gasteiger partial charge < -0.3 is 14.8 Å². The molecular weight excluding hydrogens is 282 g/mol. The Kier molecular flexibility index (Phi) is 4.99. The molecule has 0 spiro atoms. The first kappa shape index (κ1) is 15.8. The third-order valence-corrected chi connectivity index (χ3v) is 3.53. The Balaban J connectivity index is 1.99. The highest BCUT2D eigenvalue weighted by molar-refractivity contribution is 5.97. The first-order chi connectivity index (χ1) is 10.5. The molecule has 2 N–H and O–H groups in total. The van der Waals surface area contributed by atoms with Crippen LogP contribution in [0.5, 0.6) is 0 Å². The predicted octanol–water partition coefficient (Wildman–Crippen LogP) is 2.50. The van der Waals surface area contributed by atoms with E-state index in [1.807, 2.05) is 31.2 Å². The van der Waals surface area contributed by atoms with Crippen molar-refractivity contribution in [3.8, 4) is 0 Å². The van der Waals surface area contributed by atoms with Crippen LogP contribution in [-0.4, -0.2) is 23.5 Å². The number of carbonyl (C=O) groups is 2. The first-order valence-corrected chi connectivity index (χ1v) is 7.10. The monoisotopic (exact) mass is 301 g/mol. The fraction of sp³-hybridized carbons (Fsp3) is 0.294. The molecule has 0 aliphatic carbocycles. The van der Waals surface area contributed by atoms with Gasteiger partial charge in [-0.2, -0.15) is 0 Å². The van der Waals surface area contributed by atoms with Crippen molar-refractivity contribution in [3.05, 3.63) is 58.5 Å². The molecule has 22 heavy (non-hydrogen) atoms. The number of rotatable bonds is 6. The van der Waals surface area contributed by atoms with Gasteiger partial charge in [-0.05, 0) is 31.4 Å². The molecule has 0 aliphatic heterocycles. The van der Waals surface area contributed by atoms with Gasteiger partial charge in [0.05, 0.1) is 11.8 Å². The zero-order chi connectivity index (χ0) is 16.1. The van der Waals surface area contributed by atoms with Crippen LogP contribution in [0.4, 0.5) is 0 Å². The second kappa shape index (κ2) is 6.93. The number of aryl methyl sites for hydroxylation is 2. The quantitative estimate of drug-likeness (QED) is 0.859. The number of nitrogens with one attached hydrogen (secondary N) is 1. The van der Waals surface area contributed by atoms with Gasteiger partial charge in [0.1, 0.15) is 12.2 Å². The number of amides is 1. The van der Waals surface area contributed by atoms with Gasteiger partial charge in [0.25, 0.3) is 5.91 Å². The summed E-state index contributed by atoms with van der Waals surface area (Å²) < 4.78 is 5.17. The van der Waals surface area contributed by atoms with E-state index in [2.05, 4.69) is 5.32 Å². The minimum atomic E-state index is -1.02. The van der Waals surface area contributed by atoms with Gasteiger partial charge in [0.2, 0.25) is 0 Å². The number of carboxylic acid groups (broad SMARTS) is 1. The van der Waals surface area contributed by atoms with E-state index >= 15 is 0 Å². The second-order valence-electron chi connectivity index (χ2n) is 5.22. The minimum Gasteiger partial charge on any atom is -0.481 e. The number of furan rings is 1. The molecule has 0 fully saturated rings. The Morgan fingerprint density at radius 1 is 1.18 bits per heavy atom. The lowest BCUT2D eigenvalue weighted by molar-refractivity contribution is -0.136. The van der Waals surface area contributed by atoms with Crippen molar-refractivity contribution in [1.82, 2.24) is 5.32 Å². The molecule has 0 radical (unpaired) electrons. The van der Waals surface area contributed by atoms with Crippen LogP contribution in [0.3, 0.4) is 0 Å². The Morgan fingerprint density at radius 3 is 2.59 bits per heavy atom. The van der Waals surface area contributed by atoms with E-state index in [0.29, 0.717) is 17.7 Å². The van der Waals surface area contributed by atoms with Crippen molar-refractivity contribution in [2.45, 2.75) is 26.7 Å². The fourth-order valence-corrected chi connectivity index (χ4v) is 2.36. The molecule has 0 aliphatic rings. The van der Waals surface area contributed by atoms with E-state index in [0.717, 1.165) is 6.42 Å². The Morgan fingerprint density at radius 2 is 1.91 bits per heavy atom. The average molecular weight is 301 g/mol. The summed E-state index contributed by atoms with van der Waals surface area (Å²) in [5.74, 6) is -1.13. The Bertz CT molecular complexity index is 688. The smallest absolute Gasteiger partial charge is 0.311 e. The van der Waals surface area contributed by atoms with E-state index in [1.165, 1.54) is 17.4 Å². The van der Waals surface area contributed by atoms with Crippen LogP contribution >= 0.6 is 0 Å². The van der Waals surface area contributed by atoms with Crippen molar-refractivity contribution in [1.29, 1.82) is 0 Å². The highest BCUT2D eigenvalue weighted by Gasteiger charge is 2.20. The summed E-state index contributed by atoms with van der Waals surface area (Å²) in [4.78, 5) is 23.0. The van der Waals surface area contributed by atoms with E-state index in [-0.39, 0.29) is 18.1 Å². The number of carbonyl (C=O) groups excluding carboxylic acids is 1. The Labute approximate surface area is 129 Å². The van der Waals surface area contributed by atoms with Gasteiger partial charge in [-0.25, -0.2) is 0 Å². The molecule has 0 saturated heterocycles. The third kappa shape index (κ3) is 3.75. The standard InChI is InChI=1S/C17H19NO4/c1-11-5-3-4-6-13(11)7-8-18-17(21)16-12(2)10-22-14(16)9-15(19)20/h3-6,10H,7-9H2,1-2H3,(H,18,21)(H,19,20).